The standard InChI is InChI=1S/C18H15N3O4/c22-16-8-11(10-21(16)13-4-2-1-3-5-13)17(23)19-12-6-7-15-14(9-12)20-18(24)25-15/h1-7,9,11H,8,10H2,(H,19,23)(H,20,24). The molecular weight excluding hydrogens is 322 g/mol. The maximum absolute atomic E-state index is 12.5. The molecule has 1 saturated heterocycles. The Kier molecular flexibility index (Phi) is 3.61. The molecule has 1 aliphatic rings. The monoisotopic (exact) mass is 337 g/mol. The molecule has 25 heavy (non-hydrogen) atoms. The van der Waals surface area contributed by atoms with Crippen molar-refractivity contribution >= 4 is 34.3 Å². The summed E-state index contributed by atoms with van der Waals surface area (Å²) in [7, 11) is 0. The second-order valence-corrected chi connectivity index (χ2v) is 5.96. The number of para-hydroxylation sites is 1. The zero-order chi connectivity index (χ0) is 17.4. The van der Waals surface area contributed by atoms with Gasteiger partial charge >= 0.3 is 5.76 Å². The van der Waals surface area contributed by atoms with E-state index >= 15 is 0 Å². The lowest BCUT2D eigenvalue weighted by Gasteiger charge is -2.16. The summed E-state index contributed by atoms with van der Waals surface area (Å²) in [5, 5.41) is 2.80. The number of nitrogens with one attached hydrogen (secondary N) is 2. The van der Waals surface area contributed by atoms with E-state index in [0.717, 1.165) is 5.69 Å². The maximum atomic E-state index is 12.5. The first-order valence-corrected chi connectivity index (χ1v) is 7.89. The molecule has 7 heteroatoms. The highest BCUT2D eigenvalue weighted by molar-refractivity contribution is 6.03. The van der Waals surface area contributed by atoms with Crippen molar-refractivity contribution < 1.29 is 14.0 Å². The summed E-state index contributed by atoms with van der Waals surface area (Å²) in [6.45, 7) is 0.347. The Morgan fingerprint density at radius 3 is 2.76 bits per heavy atom. The van der Waals surface area contributed by atoms with E-state index < -0.39 is 11.7 Å². The third kappa shape index (κ3) is 2.91. The van der Waals surface area contributed by atoms with Crippen molar-refractivity contribution in [2.45, 2.75) is 6.42 Å². The lowest BCUT2D eigenvalue weighted by Crippen LogP contribution is -2.28. The molecule has 0 radical (unpaired) electrons. The van der Waals surface area contributed by atoms with Crippen LogP contribution in [-0.4, -0.2) is 23.3 Å². The Hall–Kier alpha value is -3.35. The van der Waals surface area contributed by atoms with E-state index in [1.165, 1.54) is 0 Å². The highest BCUT2D eigenvalue weighted by Crippen LogP contribution is 2.26. The molecular formula is C18H15N3O4. The first kappa shape index (κ1) is 15.2. The minimum atomic E-state index is -0.543. The van der Waals surface area contributed by atoms with E-state index in [0.29, 0.717) is 23.3 Å². The van der Waals surface area contributed by atoms with Crippen molar-refractivity contribution in [1.82, 2.24) is 4.98 Å². The highest BCUT2D eigenvalue weighted by Gasteiger charge is 2.35. The van der Waals surface area contributed by atoms with Gasteiger partial charge in [-0.3, -0.25) is 14.6 Å². The fourth-order valence-corrected chi connectivity index (χ4v) is 3.01. The SMILES string of the molecule is O=C(Nc1ccc2oc(=O)[nH]c2c1)C1CC(=O)N(c2ccccc2)C1. The van der Waals surface area contributed by atoms with Gasteiger partial charge in [0.25, 0.3) is 0 Å². The number of benzene rings is 2. The first-order chi connectivity index (χ1) is 12.1. The van der Waals surface area contributed by atoms with Crippen molar-refractivity contribution in [2.75, 3.05) is 16.8 Å². The number of H-pyrrole nitrogens is 1. The van der Waals surface area contributed by atoms with E-state index in [4.69, 9.17) is 4.42 Å². The molecule has 0 saturated carbocycles. The number of aromatic nitrogens is 1. The summed E-state index contributed by atoms with van der Waals surface area (Å²) in [4.78, 5) is 40.1. The summed E-state index contributed by atoms with van der Waals surface area (Å²) >= 11 is 0. The molecule has 2 N–H and O–H groups in total. The topological polar surface area (TPSA) is 95.4 Å². The Morgan fingerprint density at radius 2 is 1.96 bits per heavy atom. The van der Waals surface area contributed by atoms with Gasteiger partial charge in [0, 0.05) is 24.3 Å². The summed E-state index contributed by atoms with van der Waals surface area (Å²) < 4.78 is 4.93. The predicted molar refractivity (Wildman–Crippen MR) is 92.4 cm³/mol. The van der Waals surface area contributed by atoms with Crippen molar-refractivity contribution in [3.05, 3.63) is 59.1 Å². The fourth-order valence-electron chi connectivity index (χ4n) is 3.01. The summed E-state index contributed by atoms with van der Waals surface area (Å²) in [5.74, 6) is -1.26. The van der Waals surface area contributed by atoms with Gasteiger partial charge in [-0.05, 0) is 30.3 Å². The molecule has 0 spiro atoms. The number of nitrogens with zero attached hydrogens (tertiary/aromatic N) is 1. The number of amides is 2. The van der Waals surface area contributed by atoms with Crippen molar-refractivity contribution in [1.29, 1.82) is 0 Å². The molecule has 4 rings (SSSR count). The van der Waals surface area contributed by atoms with Gasteiger partial charge in [-0.1, -0.05) is 18.2 Å². The average Bonchev–Trinajstić information content (AvgIpc) is 3.17. The van der Waals surface area contributed by atoms with Crippen molar-refractivity contribution in [2.24, 2.45) is 5.92 Å². The first-order valence-electron chi connectivity index (χ1n) is 7.89. The number of fused-ring (bicyclic) bond motifs is 1. The lowest BCUT2D eigenvalue weighted by molar-refractivity contribution is -0.122. The second-order valence-electron chi connectivity index (χ2n) is 5.96. The zero-order valence-electron chi connectivity index (χ0n) is 13.2. The van der Waals surface area contributed by atoms with Crippen LogP contribution >= 0.6 is 0 Å². The van der Waals surface area contributed by atoms with Gasteiger partial charge < -0.3 is 14.6 Å². The Labute approximate surface area is 142 Å². The molecule has 1 aliphatic heterocycles. The Balaban J connectivity index is 1.49. The molecule has 1 aromatic heterocycles. The Morgan fingerprint density at radius 1 is 1.16 bits per heavy atom. The van der Waals surface area contributed by atoms with Gasteiger partial charge in [-0.15, -0.1) is 0 Å². The lowest BCUT2D eigenvalue weighted by atomic mass is 10.1. The van der Waals surface area contributed by atoms with Crippen LogP contribution in [0.1, 0.15) is 6.42 Å². The van der Waals surface area contributed by atoms with E-state index in [-0.39, 0.29) is 18.2 Å². The number of oxazole rings is 1. The number of hydrogen-bond donors (Lipinski definition) is 2. The molecule has 3 aromatic rings. The third-order valence-corrected chi connectivity index (χ3v) is 4.25. The van der Waals surface area contributed by atoms with E-state index in [2.05, 4.69) is 10.3 Å². The van der Waals surface area contributed by atoms with Gasteiger partial charge in [-0.2, -0.15) is 0 Å². The molecule has 126 valence electrons. The predicted octanol–water partition coefficient (Wildman–Crippen LogP) is 2.11. The molecule has 1 unspecified atom stereocenters. The van der Waals surface area contributed by atoms with E-state index in [1.54, 1.807) is 23.1 Å². The second kappa shape index (κ2) is 5.94. The van der Waals surface area contributed by atoms with Crippen LogP contribution in [0, 0.1) is 5.92 Å². The molecule has 0 bridgehead atoms. The number of rotatable bonds is 3. The number of hydrogen-bond acceptors (Lipinski definition) is 4. The van der Waals surface area contributed by atoms with Crippen LogP contribution in [0.15, 0.2) is 57.7 Å². The smallest absolute Gasteiger partial charge is 0.408 e. The van der Waals surface area contributed by atoms with Gasteiger partial charge in [0.1, 0.15) is 0 Å². The summed E-state index contributed by atoms with van der Waals surface area (Å²) in [6, 6.07) is 14.2. The largest absolute Gasteiger partial charge is 0.417 e. The van der Waals surface area contributed by atoms with Gasteiger partial charge in [0.05, 0.1) is 11.4 Å². The van der Waals surface area contributed by atoms with Gasteiger partial charge in [0.2, 0.25) is 11.8 Å². The molecule has 2 heterocycles. The molecule has 7 nitrogen and oxygen atoms in total. The number of aromatic amines is 1. The highest BCUT2D eigenvalue weighted by atomic mass is 16.4. The molecule has 1 fully saturated rings. The van der Waals surface area contributed by atoms with Gasteiger partial charge in [-0.25, -0.2) is 4.79 Å². The molecule has 0 aliphatic carbocycles. The summed E-state index contributed by atoms with van der Waals surface area (Å²) in [5.41, 5.74) is 2.27. The van der Waals surface area contributed by atoms with Crippen molar-refractivity contribution in [3.8, 4) is 0 Å². The van der Waals surface area contributed by atoms with Crippen LogP contribution < -0.4 is 16.0 Å². The van der Waals surface area contributed by atoms with Gasteiger partial charge in [0.15, 0.2) is 5.58 Å². The van der Waals surface area contributed by atoms with E-state index in [1.807, 2.05) is 30.3 Å². The van der Waals surface area contributed by atoms with Crippen LogP contribution in [0.2, 0.25) is 0 Å². The number of carbonyl (C=O) groups excluding carboxylic acids is 2. The maximum Gasteiger partial charge on any atom is 0.417 e. The van der Waals surface area contributed by atoms with E-state index in [9.17, 15) is 14.4 Å². The van der Waals surface area contributed by atoms with Crippen molar-refractivity contribution in [3.63, 3.8) is 0 Å². The van der Waals surface area contributed by atoms with Crippen LogP contribution in [-0.2, 0) is 9.59 Å². The average molecular weight is 337 g/mol. The normalized spacial score (nSPS) is 17.2. The summed E-state index contributed by atoms with van der Waals surface area (Å²) in [6.07, 6.45) is 0.172. The number of carbonyl (C=O) groups is 2. The Bertz CT molecular complexity index is 1010. The minimum Gasteiger partial charge on any atom is -0.408 e. The van der Waals surface area contributed by atoms with Crippen LogP contribution in [0.3, 0.4) is 0 Å². The third-order valence-electron chi connectivity index (χ3n) is 4.25. The minimum absolute atomic E-state index is 0.0685. The van der Waals surface area contributed by atoms with Crippen LogP contribution in [0.25, 0.3) is 11.1 Å². The fraction of sp³-hybridized carbons (Fsp3) is 0.167. The zero-order valence-corrected chi connectivity index (χ0v) is 13.2. The molecule has 2 amide bonds. The van der Waals surface area contributed by atoms with Crippen LogP contribution in [0.5, 0.6) is 0 Å². The number of anilines is 2. The molecule has 2 aromatic carbocycles. The van der Waals surface area contributed by atoms with Crippen LogP contribution in [0.4, 0.5) is 11.4 Å². The quantitative estimate of drug-likeness (QED) is 0.765. The molecule has 1 atom stereocenters.